The van der Waals surface area contributed by atoms with E-state index in [2.05, 4.69) is 0 Å². The largest absolute Gasteiger partial charge is 0.512 e. The zero-order valence-corrected chi connectivity index (χ0v) is 26.4. The summed E-state index contributed by atoms with van der Waals surface area (Å²) >= 11 is 0. The molecule has 1 aliphatic heterocycles. The molecule has 0 bridgehead atoms. The van der Waals surface area contributed by atoms with Crippen LogP contribution in [0.3, 0.4) is 0 Å². The Bertz CT molecular complexity index is 1680. The molecule has 0 saturated carbocycles. The summed E-state index contributed by atoms with van der Waals surface area (Å²) in [6.07, 6.45) is -7.78. The number of hydrogen-bond donors (Lipinski definition) is 1. The second kappa shape index (κ2) is 14.4. The van der Waals surface area contributed by atoms with Crippen LogP contribution in [0.4, 0.5) is 0 Å². The van der Waals surface area contributed by atoms with Crippen molar-refractivity contribution < 1.29 is 66.7 Å². The van der Waals surface area contributed by atoms with E-state index in [0.29, 0.717) is 0 Å². The Balaban J connectivity index is 2.52. The molecule has 46 heavy (non-hydrogen) atoms. The topological polar surface area (TPSA) is 208 Å². The van der Waals surface area contributed by atoms with Crippen molar-refractivity contribution in [2.75, 3.05) is 6.61 Å². The molecule has 1 aliphatic rings. The van der Waals surface area contributed by atoms with Crippen LogP contribution in [0, 0.1) is 6.92 Å². The van der Waals surface area contributed by atoms with Crippen LogP contribution in [0.1, 0.15) is 71.5 Å². The molecule has 0 amide bonds. The highest BCUT2D eigenvalue weighted by atomic mass is 16.7. The highest BCUT2D eigenvalue weighted by Crippen LogP contribution is 2.45. The summed E-state index contributed by atoms with van der Waals surface area (Å²) in [6, 6.07) is 2.32. The van der Waals surface area contributed by atoms with E-state index >= 15 is 0 Å². The van der Waals surface area contributed by atoms with Crippen LogP contribution >= 0.6 is 0 Å². The molecule has 2 heterocycles. The Labute approximate surface area is 262 Å². The maximum absolute atomic E-state index is 13.5. The van der Waals surface area contributed by atoms with Gasteiger partial charge in [-0.3, -0.25) is 33.6 Å². The lowest BCUT2D eigenvalue weighted by Crippen LogP contribution is -2.59. The number of carbonyl (C=O) groups excluding carboxylic acids is 6. The van der Waals surface area contributed by atoms with Crippen LogP contribution in [0.25, 0.3) is 16.5 Å². The van der Waals surface area contributed by atoms with Gasteiger partial charge in [-0.05, 0) is 32.4 Å². The molecule has 2 aromatic rings. The molecule has 1 fully saturated rings. The standard InChI is InChI=1S/C31H34O15/c1-12-9-21(41-16(5)35)26(28-24(12)20(39)10-22(45-28)25(13(2)32)14(3)33)29-31(44-19(8)38)30(43-18(7)37)27(42-17(6)36)23(46-29)11-40-15(4)34/h9-10,23,27,29-32H,11H2,1-8H3/b25-13+. The van der Waals surface area contributed by atoms with Gasteiger partial charge in [0.25, 0.3) is 0 Å². The number of esters is 5. The molecule has 0 aliphatic carbocycles. The molecule has 15 nitrogen and oxygen atoms in total. The van der Waals surface area contributed by atoms with Gasteiger partial charge in [-0.25, -0.2) is 0 Å². The fourth-order valence-electron chi connectivity index (χ4n) is 5.21. The molecule has 5 unspecified atom stereocenters. The number of fused-ring (bicyclic) bond motifs is 1. The molecule has 1 saturated heterocycles. The van der Waals surface area contributed by atoms with Crippen molar-refractivity contribution in [3.05, 3.63) is 45.0 Å². The average Bonchev–Trinajstić information content (AvgIpc) is 2.88. The van der Waals surface area contributed by atoms with Crippen molar-refractivity contribution in [3.8, 4) is 5.75 Å². The lowest BCUT2D eigenvalue weighted by Gasteiger charge is -2.44. The van der Waals surface area contributed by atoms with Crippen LogP contribution < -0.4 is 10.2 Å². The lowest BCUT2D eigenvalue weighted by molar-refractivity contribution is -0.254. The fourth-order valence-corrected chi connectivity index (χ4v) is 5.21. The van der Waals surface area contributed by atoms with Crippen LogP contribution in [-0.4, -0.2) is 71.8 Å². The maximum Gasteiger partial charge on any atom is 0.308 e. The van der Waals surface area contributed by atoms with Gasteiger partial charge in [-0.2, -0.15) is 0 Å². The Morgan fingerprint density at radius 2 is 1.35 bits per heavy atom. The molecule has 1 aromatic carbocycles. The summed E-state index contributed by atoms with van der Waals surface area (Å²) in [6.45, 7) is 8.66. The summed E-state index contributed by atoms with van der Waals surface area (Å²) in [5, 5.41) is 10.2. The van der Waals surface area contributed by atoms with Gasteiger partial charge < -0.3 is 37.9 Å². The van der Waals surface area contributed by atoms with E-state index in [-0.39, 0.29) is 39.2 Å². The molecule has 248 valence electrons. The predicted octanol–water partition coefficient (Wildman–Crippen LogP) is 2.70. The average molecular weight is 647 g/mol. The Morgan fingerprint density at radius 3 is 1.85 bits per heavy atom. The van der Waals surface area contributed by atoms with Crippen molar-refractivity contribution in [1.82, 2.24) is 0 Å². The normalized spacial score (nSPS) is 21.4. The number of Topliss-reactive ketones (excluding diaryl/α,β-unsaturated/α-hetero) is 1. The van der Waals surface area contributed by atoms with Gasteiger partial charge in [0.2, 0.25) is 0 Å². The van der Waals surface area contributed by atoms with E-state index in [1.165, 1.54) is 19.9 Å². The van der Waals surface area contributed by atoms with E-state index in [4.69, 9.17) is 32.8 Å². The maximum atomic E-state index is 13.5. The first-order valence-electron chi connectivity index (χ1n) is 13.9. The van der Waals surface area contributed by atoms with Crippen LogP contribution in [0.5, 0.6) is 5.75 Å². The second-order valence-corrected chi connectivity index (χ2v) is 10.5. The highest BCUT2D eigenvalue weighted by Gasteiger charge is 2.54. The van der Waals surface area contributed by atoms with Gasteiger partial charge in [-0.1, -0.05) is 0 Å². The number of carbonyl (C=O) groups is 6. The number of benzene rings is 1. The Morgan fingerprint density at radius 1 is 0.783 bits per heavy atom. The number of hydrogen-bond acceptors (Lipinski definition) is 15. The van der Waals surface area contributed by atoms with Crippen molar-refractivity contribution >= 4 is 52.2 Å². The van der Waals surface area contributed by atoms with Gasteiger partial charge in [0.05, 0.1) is 16.5 Å². The number of ether oxygens (including phenoxy) is 6. The summed E-state index contributed by atoms with van der Waals surface area (Å²) in [5.41, 5.74) is -1.27. The minimum absolute atomic E-state index is 0.0685. The van der Waals surface area contributed by atoms with E-state index in [9.17, 15) is 38.7 Å². The number of rotatable bonds is 9. The van der Waals surface area contributed by atoms with Crippen LogP contribution in [0.2, 0.25) is 0 Å². The molecule has 3 rings (SSSR count). The third kappa shape index (κ3) is 7.96. The monoisotopic (exact) mass is 646 g/mol. The van der Waals surface area contributed by atoms with Crippen LogP contribution in [0.15, 0.2) is 27.1 Å². The van der Waals surface area contributed by atoms with Gasteiger partial charge in [-0.15, -0.1) is 0 Å². The predicted molar refractivity (Wildman–Crippen MR) is 155 cm³/mol. The highest BCUT2D eigenvalue weighted by molar-refractivity contribution is 6.19. The molecule has 1 N–H and O–H groups in total. The van der Waals surface area contributed by atoms with Crippen molar-refractivity contribution in [2.45, 2.75) is 85.9 Å². The minimum Gasteiger partial charge on any atom is -0.512 e. The van der Waals surface area contributed by atoms with Gasteiger partial charge in [0.1, 0.15) is 41.7 Å². The number of aliphatic hydroxyl groups is 1. The van der Waals surface area contributed by atoms with E-state index < -0.39 is 83.9 Å². The van der Waals surface area contributed by atoms with Gasteiger partial charge >= 0.3 is 29.8 Å². The quantitative estimate of drug-likeness (QED) is 0.137. The molecule has 1 aromatic heterocycles. The molecule has 0 spiro atoms. The molecular weight excluding hydrogens is 612 g/mol. The molecule has 0 radical (unpaired) electrons. The van der Waals surface area contributed by atoms with E-state index in [1.54, 1.807) is 0 Å². The van der Waals surface area contributed by atoms with Gasteiger partial charge in [0.15, 0.2) is 29.5 Å². The zero-order chi connectivity index (χ0) is 34.6. The number of ketones is 1. The summed E-state index contributed by atoms with van der Waals surface area (Å²) in [4.78, 5) is 87.0. The molecule has 5 atom stereocenters. The Kier molecular flexibility index (Phi) is 11.1. The Hall–Kier alpha value is -5.05. The number of aliphatic hydroxyl groups excluding tert-OH is 1. The zero-order valence-electron chi connectivity index (χ0n) is 26.4. The second-order valence-electron chi connectivity index (χ2n) is 10.5. The smallest absolute Gasteiger partial charge is 0.308 e. The summed E-state index contributed by atoms with van der Waals surface area (Å²) in [5.74, 6) is -5.90. The van der Waals surface area contributed by atoms with E-state index in [1.807, 2.05) is 0 Å². The van der Waals surface area contributed by atoms with Crippen molar-refractivity contribution in [1.29, 1.82) is 0 Å². The SMILES string of the molecule is CC(=O)OCC1OC(c2c(OC(C)=O)cc(C)c3c(=O)cc(/C(C(C)=O)=C(\C)O)oc23)C(OC(C)=O)C(OC(C)=O)C1OC(C)=O. The van der Waals surface area contributed by atoms with Gasteiger partial charge in [0, 0.05) is 40.7 Å². The third-order valence-electron chi connectivity index (χ3n) is 6.69. The third-order valence-corrected chi connectivity index (χ3v) is 6.69. The number of aryl methyl sites for hydroxylation is 1. The molecule has 15 heteroatoms. The summed E-state index contributed by atoms with van der Waals surface area (Å²) in [7, 11) is 0. The first-order chi connectivity index (χ1) is 21.4. The fraction of sp³-hybridized carbons (Fsp3) is 0.452. The minimum atomic E-state index is -1.66. The molecular formula is C31H34O15. The first-order valence-corrected chi connectivity index (χ1v) is 13.9. The lowest BCUT2D eigenvalue weighted by atomic mass is 9.88. The van der Waals surface area contributed by atoms with Crippen LogP contribution in [-0.2, 0) is 52.5 Å². The number of allylic oxidation sites excluding steroid dienone is 2. The first kappa shape index (κ1) is 35.4. The van der Waals surface area contributed by atoms with E-state index in [0.717, 1.165) is 47.6 Å². The van der Waals surface area contributed by atoms with Crippen molar-refractivity contribution in [2.24, 2.45) is 0 Å². The van der Waals surface area contributed by atoms with Crippen molar-refractivity contribution in [3.63, 3.8) is 0 Å². The summed E-state index contributed by atoms with van der Waals surface area (Å²) < 4.78 is 39.5.